The monoisotopic (exact) mass is 253 g/mol. The lowest BCUT2D eigenvalue weighted by Gasteiger charge is -2.22. The third-order valence-electron chi connectivity index (χ3n) is 3.39. The molecule has 0 bridgehead atoms. The van der Waals surface area contributed by atoms with Gasteiger partial charge < -0.3 is 15.2 Å². The number of halogens is 1. The normalized spacial score (nSPS) is 22.9. The van der Waals surface area contributed by atoms with E-state index in [4.69, 9.17) is 4.74 Å². The van der Waals surface area contributed by atoms with Crippen LogP contribution >= 0.6 is 0 Å². The van der Waals surface area contributed by atoms with Crippen LogP contribution in [0.1, 0.15) is 31.4 Å². The molecule has 1 aromatic carbocycles. The Hall–Kier alpha value is -0.970. The first-order valence-electron chi connectivity index (χ1n) is 6.45. The van der Waals surface area contributed by atoms with Gasteiger partial charge in [-0.25, -0.2) is 4.39 Å². The Bertz CT molecular complexity index is 380. The van der Waals surface area contributed by atoms with Crippen LogP contribution in [-0.4, -0.2) is 30.4 Å². The zero-order chi connectivity index (χ0) is 13.0. The fourth-order valence-electron chi connectivity index (χ4n) is 2.26. The molecule has 1 fully saturated rings. The third kappa shape index (κ3) is 3.51. The van der Waals surface area contributed by atoms with Crippen molar-refractivity contribution in [3.63, 3.8) is 0 Å². The molecule has 18 heavy (non-hydrogen) atoms. The molecule has 0 aromatic heterocycles. The maximum atomic E-state index is 13.0. The number of rotatable bonds is 5. The van der Waals surface area contributed by atoms with E-state index >= 15 is 0 Å². The molecule has 2 N–H and O–H groups in total. The molecule has 4 heteroatoms. The third-order valence-corrected chi connectivity index (χ3v) is 3.39. The topological polar surface area (TPSA) is 41.5 Å². The van der Waals surface area contributed by atoms with Crippen LogP contribution in [0.25, 0.3) is 0 Å². The average Bonchev–Trinajstić information content (AvgIpc) is 2.89. The summed E-state index contributed by atoms with van der Waals surface area (Å²) >= 11 is 0. The number of hydrogen-bond donors (Lipinski definition) is 2. The van der Waals surface area contributed by atoms with Crippen molar-refractivity contribution in [2.75, 3.05) is 13.2 Å². The molecule has 0 aliphatic carbocycles. The number of nitrogens with one attached hydrogen (secondary N) is 1. The Kier molecular flexibility index (Phi) is 4.69. The van der Waals surface area contributed by atoms with Crippen molar-refractivity contribution in [1.82, 2.24) is 5.32 Å². The molecule has 3 atom stereocenters. The minimum atomic E-state index is -0.690. The molecule has 100 valence electrons. The molecular formula is C14H20FNO2. The minimum Gasteiger partial charge on any atom is -0.387 e. The second-order valence-electron chi connectivity index (χ2n) is 4.82. The summed E-state index contributed by atoms with van der Waals surface area (Å²) in [6.45, 7) is 3.28. The van der Waals surface area contributed by atoms with Gasteiger partial charge in [-0.2, -0.15) is 0 Å². The van der Waals surface area contributed by atoms with E-state index in [-0.39, 0.29) is 18.0 Å². The van der Waals surface area contributed by atoms with Gasteiger partial charge in [-0.05, 0) is 37.5 Å². The summed E-state index contributed by atoms with van der Waals surface area (Å²) in [4.78, 5) is 0. The van der Waals surface area contributed by atoms with Crippen LogP contribution in [0, 0.1) is 5.82 Å². The van der Waals surface area contributed by atoms with Gasteiger partial charge in [0.1, 0.15) is 5.82 Å². The molecule has 1 aliphatic heterocycles. The summed E-state index contributed by atoms with van der Waals surface area (Å²) in [5, 5.41) is 13.2. The quantitative estimate of drug-likeness (QED) is 0.843. The average molecular weight is 253 g/mol. The SMILES string of the molecule is CC(NCC(O)c1cccc(F)c1)C1CCCO1. The number of aliphatic hydroxyl groups excluding tert-OH is 1. The number of hydrogen-bond acceptors (Lipinski definition) is 3. The summed E-state index contributed by atoms with van der Waals surface area (Å²) in [5.74, 6) is -0.321. The van der Waals surface area contributed by atoms with Gasteiger partial charge in [-0.3, -0.25) is 0 Å². The van der Waals surface area contributed by atoms with Gasteiger partial charge >= 0.3 is 0 Å². The zero-order valence-corrected chi connectivity index (χ0v) is 10.6. The molecule has 0 saturated carbocycles. The molecular weight excluding hydrogens is 233 g/mol. The second-order valence-corrected chi connectivity index (χ2v) is 4.82. The van der Waals surface area contributed by atoms with Gasteiger partial charge in [0.15, 0.2) is 0 Å². The molecule has 0 amide bonds. The molecule has 1 saturated heterocycles. The zero-order valence-electron chi connectivity index (χ0n) is 10.6. The lowest BCUT2D eigenvalue weighted by molar-refractivity contribution is 0.0765. The van der Waals surface area contributed by atoms with Crippen LogP contribution in [0.4, 0.5) is 4.39 Å². The van der Waals surface area contributed by atoms with Gasteiger partial charge in [0.2, 0.25) is 0 Å². The predicted octanol–water partition coefficient (Wildman–Crippen LogP) is 2.02. The Morgan fingerprint density at radius 2 is 2.39 bits per heavy atom. The van der Waals surface area contributed by atoms with Crippen LogP contribution in [0.3, 0.4) is 0 Å². The van der Waals surface area contributed by atoms with E-state index in [2.05, 4.69) is 5.32 Å². The summed E-state index contributed by atoms with van der Waals surface area (Å²) in [7, 11) is 0. The fourth-order valence-corrected chi connectivity index (χ4v) is 2.26. The Morgan fingerprint density at radius 3 is 3.06 bits per heavy atom. The van der Waals surface area contributed by atoms with Crippen LogP contribution in [0.2, 0.25) is 0 Å². The maximum absolute atomic E-state index is 13.0. The Morgan fingerprint density at radius 1 is 1.56 bits per heavy atom. The molecule has 1 aromatic rings. The van der Waals surface area contributed by atoms with Gasteiger partial charge in [-0.15, -0.1) is 0 Å². The maximum Gasteiger partial charge on any atom is 0.123 e. The predicted molar refractivity (Wildman–Crippen MR) is 67.8 cm³/mol. The minimum absolute atomic E-state index is 0.204. The largest absolute Gasteiger partial charge is 0.387 e. The van der Waals surface area contributed by atoms with E-state index in [0.29, 0.717) is 12.1 Å². The first-order valence-corrected chi connectivity index (χ1v) is 6.45. The molecule has 0 spiro atoms. The first kappa shape index (κ1) is 13.5. The highest BCUT2D eigenvalue weighted by Crippen LogP contribution is 2.17. The number of ether oxygens (including phenoxy) is 1. The molecule has 2 rings (SSSR count). The second kappa shape index (κ2) is 6.27. The Labute approximate surface area is 107 Å². The first-order chi connectivity index (χ1) is 8.66. The van der Waals surface area contributed by atoms with Crippen molar-refractivity contribution in [2.24, 2.45) is 0 Å². The van der Waals surface area contributed by atoms with E-state index in [1.165, 1.54) is 12.1 Å². The lowest BCUT2D eigenvalue weighted by atomic mass is 10.1. The van der Waals surface area contributed by atoms with E-state index in [1.54, 1.807) is 12.1 Å². The summed E-state index contributed by atoms with van der Waals surface area (Å²) in [6, 6.07) is 6.28. The molecule has 3 unspecified atom stereocenters. The smallest absolute Gasteiger partial charge is 0.123 e. The van der Waals surface area contributed by atoms with Crippen molar-refractivity contribution in [3.05, 3.63) is 35.6 Å². The van der Waals surface area contributed by atoms with E-state index in [0.717, 1.165) is 19.4 Å². The van der Waals surface area contributed by atoms with E-state index < -0.39 is 6.10 Å². The lowest BCUT2D eigenvalue weighted by Crippen LogP contribution is -2.39. The highest BCUT2D eigenvalue weighted by atomic mass is 19.1. The van der Waals surface area contributed by atoms with Gasteiger partial charge in [-0.1, -0.05) is 12.1 Å². The van der Waals surface area contributed by atoms with Crippen molar-refractivity contribution in [2.45, 2.75) is 38.0 Å². The fraction of sp³-hybridized carbons (Fsp3) is 0.571. The molecule has 3 nitrogen and oxygen atoms in total. The van der Waals surface area contributed by atoms with Crippen molar-refractivity contribution >= 4 is 0 Å². The van der Waals surface area contributed by atoms with Gasteiger partial charge in [0.25, 0.3) is 0 Å². The summed E-state index contributed by atoms with van der Waals surface area (Å²) in [6.07, 6.45) is 1.70. The van der Waals surface area contributed by atoms with Crippen molar-refractivity contribution in [3.8, 4) is 0 Å². The van der Waals surface area contributed by atoms with Gasteiger partial charge in [0, 0.05) is 19.2 Å². The van der Waals surface area contributed by atoms with Crippen molar-refractivity contribution in [1.29, 1.82) is 0 Å². The van der Waals surface area contributed by atoms with Crippen LogP contribution < -0.4 is 5.32 Å². The number of aliphatic hydroxyl groups is 1. The van der Waals surface area contributed by atoms with Crippen LogP contribution in [0.15, 0.2) is 24.3 Å². The van der Waals surface area contributed by atoms with Crippen molar-refractivity contribution < 1.29 is 14.2 Å². The highest BCUT2D eigenvalue weighted by molar-refractivity contribution is 5.19. The van der Waals surface area contributed by atoms with Gasteiger partial charge in [0.05, 0.1) is 12.2 Å². The Balaban J connectivity index is 1.82. The van der Waals surface area contributed by atoms with Crippen LogP contribution in [-0.2, 0) is 4.74 Å². The van der Waals surface area contributed by atoms with E-state index in [1.807, 2.05) is 6.92 Å². The summed E-state index contributed by atoms with van der Waals surface area (Å²) < 4.78 is 18.6. The van der Waals surface area contributed by atoms with Crippen LogP contribution in [0.5, 0.6) is 0 Å². The number of benzene rings is 1. The summed E-state index contributed by atoms with van der Waals surface area (Å²) in [5.41, 5.74) is 0.599. The highest BCUT2D eigenvalue weighted by Gasteiger charge is 2.22. The molecule has 1 heterocycles. The molecule has 1 aliphatic rings. The molecule has 0 radical (unpaired) electrons. The van der Waals surface area contributed by atoms with E-state index in [9.17, 15) is 9.50 Å². The standard InChI is InChI=1S/C14H20FNO2/c1-10(14-6-3-7-18-14)16-9-13(17)11-4-2-5-12(15)8-11/h2,4-5,8,10,13-14,16-17H,3,6-7,9H2,1H3.